The second kappa shape index (κ2) is 7.43. The van der Waals surface area contributed by atoms with Gasteiger partial charge in [-0.25, -0.2) is 4.79 Å². The van der Waals surface area contributed by atoms with Crippen LogP contribution in [-0.4, -0.2) is 23.8 Å². The molecule has 3 aromatic carbocycles. The van der Waals surface area contributed by atoms with Gasteiger partial charge in [0.15, 0.2) is 11.6 Å². The molecule has 1 fully saturated rings. The standard InChI is InChI=1S/C23H21NO4/c1-2-19(24-23(27)28-22-20(25)9-10-21(22)26)17-8-7-16-11-14-5-3-4-6-15(14)12-18(16)13-17/h3-8,11-13,19,22H,2,9-10H2,1H3,(H,24,27). The molecule has 1 aliphatic carbocycles. The molecule has 0 heterocycles. The van der Waals surface area contributed by atoms with Crippen LogP contribution in [0.4, 0.5) is 4.79 Å². The zero-order chi connectivity index (χ0) is 19.7. The molecule has 4 rings (SSSR count). The van der Waals surface area contributed by atoms with E-state index in [0.29, 0.717) is 6.42 Å². The Balaban J connectivity index is 1.56. The highest BCUT2D eigenvalue weighted by Gasteiger charge is 2.36. The molecule has 28 heavy (non-hydrogen) atoms. The Morgan fingerprint density at radius 3 is 2.21 bits per heavy atom. The van der Waals surface area contributed by atoms with Crippen LogP contribution in [0.25, 0.3) is 21.5 Å². The molecule has 1 amide bonds. The number of fused-ring (bicyclic) bond motifs is 2. The maximum atomic E-state index is 12.2. The van der Waals surface area contributed by atoms with Crippen LogP contribution in [0, 0.1) is 0 Å². The molecule has 1 N–H and O–H groups in total. The Bertz CT molecular complexity index is 1070. The number of carbonyl (C=O) groups excluding carboxylic acids is 3. The van der Waals surface area contributed by atoms with Crippen molar-refractivity contribution >= 4 is 39.2 Å². The van der Waals surface area contributed by atoms with E-state index in [9.17, 15) is 14.4 Å². The smallest absolute Gasteiger partial charge is 0.408 e. The Morgan fingerprint density at radius 1 is 0.964 bits per heavy atom. The molecule has 5 heteroatoms. The van der Waals surface area contributed by atoms with Gasteiger partial charge in [0, 0.05) is 12.8 Å². The largest absolute Gasteiger partial charge is 0.430 e. The fourth-order valence-electron chi connectivity index (χ4n) is 3.70. The first-order valence-corrected chi connectivity index (χ1v) is 9.50. The van der Waals surface area contributed by atoms with Crippen LogP contribution in [-0.2, 0) is 14.3 Å². The van der Waals surface area contributed by atoms with Gasteiger partial charge in [0.1, 0.15) is 0 Å². The number of ether oxygens (including phenoxy) is 1. The molecule has 142 valence electrons. The van der Waals surface area contributed by atoms with Gasteiger partial charge in [-0.2, -0.15) is 0 Å². The average Bonchev–Trinajstić information content (AvgIpc) is 3.02. The third-order valence-corrected chi connectivity index (χ3v) is 5.26. The first-order chi connectivity index (χ1) is 13.5. The number of amides is 1. The highest BCUT2D eigenvalue weighted by molar-refractivity contribution is 6.12. The van der Waals surface area contributed by atoms with Crippen molar-refractivity contribution in [1.82, 2.24) is 5.32 Å². The maximum absolute atomic E-state index is 12.2. The molecule has 0 saturated heterocycles. The Morgan fingerprint density at radius 2 is 1.57 bits per heavy atom. The Labute approximate surface area is 162 Å². The normalized spacial score (nSPS) is 15.9. The monoisotopic (exact) mass is 375 g/mol. The minimum Gasteiger partial charge on any atom is -0.430 e. The molecule has 0 bridgehead atoms. The van der Waals surface area contributed by atoms with Crippen LogP contribution in [0.15, 0.2) is 54.6 Å². The van der Waals surface area contributed by atoms with Gasteiger partial charge in [0.2, 0.25) is 6.10 Å². The number of hydrogen-bond donors (Lipinski definition) is 1. The van der Waals surface area contributed by atoms with Crippen LogP contribution in [0.1, 0.15) is 37.8 Å². The first-order valence-electron chi connectivity index (χ1n) is 9.50. The lowest BCUT2D eigenvalue weighted by Gasteiger charge is -2.19. The molecular formula is C23H21NO4. The van der Waals surface area contributed by atoms with Crippen molar-refractivity contribution in [3.63, 3.8) is 0 Å². The molecule has 5 nitrogen and oxygen atoms in total. The summed E-state index contributed by atoms with van der Waals surface area (Å²) in [6.07, 6.45) is -1.04. The van der Waals surface area contributed by atoms with Crippen molar-refractivity contribution in [3.05, 3.63) is 60.2 Å². The Kier molecular flexibility index (Phi) is 4.82. The summed E-state index contributed by atoms with van der Waals surface area (Å²) < 4.78 is 5.09. The highest BCUT2D eigenvalue weighted by atomic mass is 16.6. The van der Waals surface area contributed by atoms with E-state index in [0.717, 1.165) is 21.7 Å². The zero-order valence-electron chi connectivity index (χ0n) is 15.6. The van der Waals surface area contributed by atoms with E-state index in [1.54, 1.807) is 0 Å². The van der Waals surface area contributed by atoms with Crippen LogP contribution in [0.5, 0.6) is 0 Å². The van der Waals surface area contributed by atoms with Crippen LogP contribution in [0.3, 0.4) is 0 Å². The van der Waals surface area contributed by atoms with Crippen molar-refractivity contribution in [3.8, 4) is 0 Å². The molecule has 0 aromatic heterocycles. The van der Waals surface area contributed by atoms with Gasteiger partial charge >= 0.3 is 6.09 Å². The molecule has 1 saturated carbocycles. The summed E-state index contributed by atoms with van der Waals surface area (Å²) in [5, 5.41) is 7.34. The second-order valence-electron chi connectivity index (χ2n) is 7.13. The van der Waals surface area contributed by atoms with Crippen molar-refractivity contribution < 1.29 is 19.1 Å². The topological polar surface area (TPSA) is 72.5 Å². The summed E-state index contributed by atoms with van der Waals surface area (Å²) in [5.41, 5.74) is 0.950. The van der Waals surface area contributed by atoms with Gasteiger partial charge in [-0.15, -0.1) is 0 Å². The van der Waals surface area contributed by atoms with Gasteiger partial charge in [-0.05, 0) is 51.7 Å². The Hall–Kier alpha value is -3.21. The summed E-state index contributed by atoms with van der Waals surface area (Å²) in [4.78, 5) is 35.6. The van der Waals surface area contributed by atoms with Gasteiger partial charge < -0.3 is 10.1 Å². The number of Topliss-reactive ketones (excluding diaryl/α,β-unsaturated/α-hetero) is 2. The molecule has 3 aromatic rings. The molecule has 1 atom stereocenters. The SMILES string of the molecule is CCC(NC(=O)OC1C(=O)CCC1=O)c1ccc2cc3ccccc3cc2c1. The summed E-state index contributed by atoms with van der Waals surface area (Å²) in [5.74, 6) is -0.656. The number of nitrogens with one attached hydrogen (secondary N) is 1. The fraction of sp³-hybridized carbons (Fsp3) is 0.261. The van der Waals surface area contributed by atoms with E-state index in [4.69, 9.17) is 4.74 Å². The van der Waals surface area contributed by atoms with Crippen molar-refractivity contribution in [2.24, 2.45) is 0 Å². The van der Waals surface area contributed by atoms with Gasteiger partial charge in [-0.3, -0.25) is 9.59 Å². The summed E-state index contributed by atoms with van der Waals surface area (Å²) in [6.45, 7) is 1.96. The van der Waals surface area contributed by atoms with Gasteiger partial charge in [-0.1, -0.05) is 43.3 Å². The third kappa shape index (κ3) is 3.48. The number of hydrogen-bond acceptors (Lipinski definition) is 4. The molecule has 1 aliphatic rings. The molecule has 0 aliphatic heterocycles. The molecule has 0 spiro atoms. The van der Waals surface area contributed by atoms with Crippen LogP contribution < -0.4 is 5.32 Å². The number of alkyl carbamates (subject to hydrolysis) is 1. The highest BCUT2D eigenvalue weighted by Crippen LogP contribution is 2.27. The van der Waals surface area contributed by atoms with Gasteiger partial charge in [0.25, 0.3) is 0 Å². The van der Waals surface area contributed by atoms with Crippen LogP contribution >= 0.6 is 0 Å². The lowest BCUT2D eigenvalue weighted by Crippen LogP contribution is -2.36. The maximum Gasteiger partial charge on any atom is 0.408 e. The quantitative estimate of drug-likeness (QED) is 0.539. The van der Waals surface area contributed by atoms with E-state index in [2.05, 4.69) is 35.6 Å². The summed E-state index contributed by atoms with van der Waals surface area (Å²) in [7, 11) is 0. The third-order valence-electron chi connectivity index (χ3n) is 5.26. The minimum atomic E-state index is -1.25. The van der Waals surface area contributed by atoms with Gasteiger partial charge in [0.05, 0.1) is 6.04 Å². The zero-order valence-corrected chi connectivity index (χ0v) is 15.6. The first kappa shape index (κ1) is 18.2. The number of rotatable bonds is 4. The molecule has 0 radical (unpaired) electrons. The van der Waals surface area contributed by atoms with E-state index in [1.165, 1.54) is 5.39 Å². The average molecular weight is 375 g/mol. The van der Waals surface area contributed by atoms with Crippen molar-refractivity contribution in [1.29, 1.82) is 0 Å². The summed E-state index contributed by atoms with van der Waals surface area (Å²) in [6, 6.07) is 18.3. The van der Waals surface area contributed by atoms with Crippen molar-refractivity contribution in [2.75, 3.05) is 0 Å². The lowest BCUT2D eigenvalue weighted by molar-refractivity contribution is -0.132. The number of benzene rings is 3. The van der Waals surface area contributed by atoms with E-state index >= 15 is 0 Å². The van der Waals surface area contributed by atoms with Crippen LogP contribution in [0.2, 0.25) is 0 Å². The van der Waals surface area contributed by atoms with E-state index in [1.807, 2.05) is 31.2 Å². The predicted octanol–water partition coefficient (Wildman–Crippen LogP) is 4.47. The predicted molar refractivity (Wildman–Crippen MR) is 107 cm³/mol. The van der Waals surface area contributed by atoms with E-state index < -0.39 is 12.2 Å². The second-order valence-corrected chi connectivity index (χ2v) is 7.13. The lowest BCUT2D eigenvalue weighted by atomic mass is 9.98. The summed E-state index contributed by atoms with van der Waals surface area (Å²) >= 11 is 0. The molecular weight excluding hydrogens is 354 g/mol. The molecule has 1 unspecified atom stereocenters. The number of ketones is 2. The van der Waals surface area contributed by atoms with E-state index in [-0.39, 0.29) is 30.4 Å². The number of carbonyl (C=O) groups is 3. The minimum absolute atomic E-state index is 0.145. The fourth-order valence-corrected chi connectivity index (χ4v) is 3.70. The van der Waals surface area contributed by atoms with Crippen molar-refractivity contribution in [2.45, 2.75) is 38.3 Å².